The Labute approximate surface area is 192 Å². The Morgan fingerprint density at radius 1 is 1.19 bits per heavy atom. The van der Waals surface area contributed by atoms with Gasteiger partial charge >= 0.3 is 0 Å². The minimum atomic E-state index is -0.485. The van der Waals surface area contributed by atoms with Gasteiger partial charge in [0.2, 0.25) is 0 Å². The molecule has 0 saturated heterocycles. The van der Waals surface area contributed by atoms with E-state index in [1.54, 1.807) is 48.5 Å². The number of rotatable bonds is 8. The van der Waals surface area contributed by atoms with Gasteiger partial charge in [0.15, 0.2) is 11.5 Å². The van der Waals surface area contributed by atoms with Crippen molar-refractivity contribution >= 4 is 33.3 Å². The zero-order valence-corrected chi connectivity index (χ0v) is 18.6. The van der Waals surface area contributed by atoms with Gasteiger partial charge in [-0.05, 0) is 58.3 Å². The molecule has 3 rings (SSSR count). The summed E-state index contributed by atoms with van der Waals surface area (Å²) in [7, 11) is 0. The standard InChI is InChI=1S/C24H18BrFN2O4/c1-2-31-23-13-17(10-18(14-27)20-8-3-4-9-22(20)26)12-21(25)24(23)32-15-16-6-5-7-19(11-16)28(29)30/h3-13H,2,15H2,1H3/b18-10-. The molecule has 0 spiro atoms. The van der Waals surface area contributed by atoms with Crippen LogP contribution in [0.2, 0.25) is 0 Å². The van der Waals surface area contributed by atoms with E-state index in [0.717, 1.165) is 0 Å². The summed E-state index contributed by atoms with van der Waals surface area (Å²) < 4.78 is 26.3. The van der Waals surface area contributed by atoms with Crippen LogP contribution in [-0.2, 0) is 6.61 Å². The first kappa shape index (κ1) is 23.0. The number of non-ortho nitro benzene ring substituents is 1. The van der Waals surface area contributed by atoms with Gasteiger partial charge in [0.05, 0.1) is 27.6 Å². The van der Waals surface area contributed by atoms with Crippen molar-refractivity contribution in [2.24, 2.45) is 0 Å². The van der Waals surface area contributed by atoms with Gasteiger partial charge in [-0.3, -0.25) is 10.1 Å². The third kappa shape index (κ3) is 5.50. The van der Waals surface area contributed by atoms with Crippen molar-refractivity contribution < 1.29 is 18.8 Å². The summed E-state index contributed by atoms with van der Waals surface area (Å²) in [5, 5.41) is 20.5. The zero-order chi connectivity index (χ0) is 23.1. The van der Waals surface area contributed by atoms with Crippen molar-refractivity contribution in [1.29, 1.82) is 5.26 Å². The van der Waals surface area contributed by atoms with Crippen LogP contribution >= 0.6 is 15.9 Å². The second kappa shape index (κ2) is 10.6. The number of nitro benzene ring substituents is 1. The van der Waals surface area contributed by atoms with Crippen molar-refractivity contribution in [3.63, 3.8) is 0 Å². The number of ether oxygens (including phenoxy) is 2. The van der Waals surface area contributed by atoms with Crippen LogP contribution in [0.5, 0.6) is 11.5 Å². The minimum absolute atomic E-state index is 0.0205. The second-order valence-corrected chi connectivity index (χ2v) is 7.48. The van der Waals surface area contributed by atoms with Gasteiger partial charge in [0, 0.05) is 17.7 Å². The summed E-state index contributed by atoms with van der Waals surface area (Å²) >= 11 is 3.46. The van der Waals surface area contributed by atoms with Gasteiger partial charge in [0.25, 0.3) is 5.69 Å². The molecule has 0 bridgehead atoms. The highest BCUT2D eigenvalue weighted by Crippen LogP contribution is 2.38. The van der Waals surface area contributed by atoms with E-state index in [9.17, 15) is 19.8 Å². The molecule has 0 saturated carbocycles. The first-order valence-electron chi connectivity index (χ1n) is 9.62. The van der Waals surface area contributed by atoms with E-state index in [-0.39, 0.29) is 23.4 Å². The lowest BCUT2D eigenvalue weighted by Gasteiger charge is -2.15. The number of allylic oxidation sites excluding steroid dienone is 1. The average Bonchev–Trinajstić information content (AvgIpc) is 2.78. The quantitative estimate of drug-likeness (QED) is 0.153. The fourth-order valence-corrected chi connectivity index (χ4v) is 3.58. The molecular weight excluding hydrogens is 479 g/mol. The minimum Gasteiger partial charge on any atom is -0.490 e. The highest BCUT2D eigenvalue weighted by Gasteiger charge is 2.14. The summed E-state index contributed by atoms with van der Waals surface area (Å²) in [5.74, 6) is 0.352. The number of nitriles is 1. The van der Waals surface area contributed by atoms with E-state index in [1.807, 2.05) is 13.0 Å². The Bertz CT molecular complexity index is 1220. The van der Waals surface area contributed by atoms with E-state index in [0.29, 0.717) is 33.7 Å². The SMILES string of the molecule is CCOc1cc(/C=C(/C#N)c2ccccc2F)cc(Br)c1OCc1cccc([N+](=O)[O-])c1. The highest BCUT2D eigenvalue weighted by molar-refractivity contribution is 9.10. The largest absolute Gasteiger partial charge is 0.490 e. The van der Waals surface area contributed by atoms with Crippen LogP contribution in [0.1, 0.15) is 23.6 Å². The van der Waals surface area contributed by atoms with Gasteiger partial charge in [-0.1, -0.05) is 30.3 Å². The maximum Gasteiger partial charge on any atom is 0.269 e. The zero-order valence-electron chi connectivity index (χ0n) is 17.0. The number of benzene rings is 3. The van der Waals surface area contributed by atoms with E-state index in [1.165, 1.54) is 18.2 Å². The molecule has 0 amide bonds. The van der Waals surface area contributed by atoms with Gasteiger partial charge in [0.1, 0.15) is 12.4 Å². The van der Waals surface area contributed by atoms with Gasteiger partial charge < -0.3 is 9.47 Å². The molecule has 3 aromatic rings. The van der Waals surface area contributed by atoms with Crippen molar-refractivity contribution in [3.8, 4) is 17.6 Å². The number of hydrogen-bond donors (Lipinski definition) is 0. The van der Waals surface area contributed by atoms with E-state index < -0.39 is 10.7 Å². The molecular formula is C24H18BrFN2O4. The molecule has 3 aromatic carbocycles. The second-order valence-electron chi connectivity index (χ2n) is 6.63. The molecule has 32 heavy (non-hydrogen) atoms. The smallest absolute Gasteiger partial charge is 0.269 e. The summed E-state index contributed by atoms with van der Waals surface area (Å²) in [6, 6.07) is 17.7. The fourth-order valence-electron chi connectivity index (χ4n) is 3.01. The van der Waals surface area contributed by atoms with E-state index in [2.05, 4.69) is 15.9 Å². The molecule has 0 aliphatic carbocycles. The average molecular weight is 497 g/mol. The number of nitrogens with zero attached hydrogens (tertiary/aromatic N) is 2. The van der Waals surface area contributed by atoms with E-state index >= 15 is 0 Å². The summed E-state index contributed by atoms with van der Waals surface area (Å²) in [6.07, 6.45) is 1.57. The van der Waals surface area contributed by atoms with Gasteiger partial charge in [-0.2, -0.15) is 5.26 Å². The predicted octanol–water partition coefficient (Wildman–Crippen LogP) is 6.54. The summed E-state index contributed by atoms with van der Waals surface area (Å²) in [6.45, 7) is 2.28. The maximum absolute atomic E-state index is 14.1. The summed E-state index contributed by atoms with van der Waals surface area (Å²) in [5.41, 5.74) is 1.59. The van der Waals surface area contributed by atoms with Crippen LogP contribution in [-0.4, -0.2) is 11.5 Å². The molecule has 0 heterocycles. The topological polar surface area (TPSA) is 85.4 Å². The van der Waals surface area contributed by atoms with Crippen molar-refractivity contribution in [3.05, 3.63) is 97.8 Å². The van der Waals surface area contributed by atoms with Crippen molar-refractivity contribution in [2.45, 2.75) is 13.5 Å². The van der Waals surface area contributed by atoms with Crippen LogP contribution in [0.25, 0.3) is 11.6 Å². The normalized spacial score (nSPS) is 11.0. The lowest BCUT2D eigenvalue weighted by atomic mass is 10.0. The van der Waals surface area contributed by atoms with Crippen LogP contribution in [0.15, 0.2) is 65.1 Å². The number of hydrogen-bond acceptors (Lipinski definition) is 5. The molecule has 0 fully saturated rings. The lowest BCUT2D eigenvalue weighted by Crippen LogP contribution is -2.01. The molecule has 6 nitrogen and oxygen atoms in total. The highest BCUT2D eigenvalue weighted by atomic mass is 79.9. The Morgan fingerprint density at radius 2 is 1.97 bits per heavy atom. The van der Waals surface area contributed by atoms with Crippen LogP contribution < -0.4 is 9.47 Å². The van der Waals surface area contributed by atoms with Crippen LogP contribution in [0, 0.1) is 27.3 Å². The van der Waals surface area contributed by atoms with Crippen LogP contribution in [0.4, 0.5) is 10.1 Å². The molecule has 8 heteroatoms. The Morgan fingerprint density at radius 3 is 2.66 bits per heavy atom. The van der Waals surface area contributed by atoms with Crippen molar-refractivity contribution in [1.82, 2.24) is 0 Å². The molecule has 0 atom stereocenters. The first-order valence-corrected chi connectivity index (χ1v) is 10.4. The Hall–Kier alpha value is -3.70. The first-order chi connectivity index (χ1) is 15.4. The molecule has 0 aliphatic rings. The monoisotopic (exact) mass is 496 g/mol. The maximum atomic E-state index is 14.1. The third-order valence-electron chi connectivity index (χ3n) is 4.43. The summed E-state index contributed by atoms with van der Waals surface area (Å²) in [4.78, 5) is 10.5. The van der Waals surface area contributed by atoms with E-state index in [4.69, 9.17) is 9.47 Å². The lowest BCUT2D eigenvalue weighted by molar-refractivity contribution is -0.384. The van der Waals surface area contributed by atoms with Gasteiger partial charge in [-0.25, -0.2) is 4.39 Å². The molecule has 0 aliphatic heterocycles. The molecule has 0 N–H and O–H groups in total. The predicted molar refractivity (Wildman–Crippen MR) is 123 cm³/mol. The fraction of sp³-hybridized carbons (Fsp3) is 0.125. The van der Waals surface area contributed by atoms with Crippen LogP contribution in [0.3, 0.4) is 0 Å². The Balaban J connectivity index is 1.93. The molecule has 0 radical (unpaired) electrons. The van der Waals surface area contributed by atoms with Crippen molar-refractivity contribution in [2.75, 3.05) is 6.61 Å². The molecule has 0 aromatic heterocycles. The number of nitro groups is 1. The third-order valence-corrected chi connectivity index (χ3v) is 5.02. The molecule has 0 unspecified atom stereocenters. The van der Waals surface area contributed by atoms with Gasteiger partial charge in [-0.15, -0.1) is 0 Å². The number of halogens is 2. The Kier molecular flexibility index (Phi) is 7.58. The molecule has 162 valence electrons.